The molecule has 0 saturated carbocycles. The average molecular weight is 119 g/mol. The van der Waals surface area contributed by atoms with Crippen LogP contribution in [0.5, 0.6) is 0 Å². The summed E-state index contributed by atoms with van der Waals surface area (Å²) in [4.78, 5) is 10.1. The maximum absolute atomic E-state index is 11.8. The van der Waals surface area contributed by atoms with Crippen molar-refractivity contribution in [2.45, 2.75) is 20.0 Å². The minimum atomic E-state index is -1.49. The van der Waals surface area contributed by atoms with Crippen molar-refractivity contribution < 1.29 is 13.9 Å². The summed E-state index contributed by atoms with van der Waals surface area (Å²) in [5.41, 5.74) is 0. The summed E-state index contributed by atoms with van der Waals surface area (Å²) in [6, 6.07) is 0. The summed E-state index contributed by atoms with van der Waals surface area (Å²) in [5.74, 6) is -0.785. The van der Waals surface area contributed by atoms with Gasteiger partial charge in [-0.05, 0) is 13.8 Å². The Balaban J connectivity index is 3.33. The van der Waals surface area contributed by atoms with Gasteiger partial charge in [0, 0.05) is 0 Å². The van der Waals surface area contributed by atoms with Crippen molar-refractivity contribution in [3.8, 4) is 0 Å². The van der Waals surface area contributed by atoms with Crippen molar-refractivity contribution in [1.29, 1.82) is 0 Å². The number of hydrogen-bond acceptors (Lipinski definition) is 2. The van der Waals surface area contributed by atoms with Crippen LogP contribution < -0.4 is 0 Å². The van der Waals surface area contributed by atoms with Crippen LogP contribution in [0.15, 0.2) is 0 Å². The summed E-state index contributed by atoms with van der Waals surface area (Å²) in [7, 11) is 0. The number of carbonyl (C=O) groups excluding carboxylic acids is 1. The average Bonchev–Trinajstić information content (AvgIpc) is 1.67. The minimum absolute atomic E-state index is 0.243. The van der Waals surface area contributed by atoms with Gasteiger partial charge >= 0.3 is 5.97 Å². The lowest BCUT2D eigenvalue weighted by Gasteiger charge is -1.99. The Morgan fingerprint density at radius 1 is 1.88 bits per heavy atom. The topological polar surface area (TPSA) is 26.3 Å². The van der Waals surface area contributed by atoms with Gasteiger partial charge in [-0.25, -0.2) is 9.18 Å². The number of hydrogen-bond donors (Lipinski definition) is 0. The molecule has 48 valence electrons. The predicted molar refractivity (Wildman–Crippen MR) is 27.2 cm³/mol. The van der Waals surface area contributed by atoms with E-state index in [0.29, 0.717) is 0 Å². The van der Waals surface area contributed by atoms with Crippen LogP contribution in [0, 0.1) is 0 Å². The Labute approximate surface area is 47.6 Å². The molecule has 0 N–H and O–H groups in total. The zero-order chi connectivity index (χ0) is 6.57. The number of esters is 1. The van der Waals surface area contributed by atoms with Crippen molar-refractivity contribution in [2.75, 3.05) is 6.61 Å². The van der Waals surface area contributed by atoms with E-state index < -0.39 is 12.1 Å². The molecular weight excluding hydrogens is 110 g/mol. The van der Waals surface area contributed by atoms with Gasteiger partial charge in [-0.3, -0.25) is 0 Å². The van der Waals surface area contributed by atoms with E-state index in [1.165, 1.54) is 0 Å². The van der Waals surface area contributed by atoms with E-state index in [2.05, 4.69) is 4.74 Å². The Bertz CT molecular complexity index is 80.5. The fraction of sp³-hybridized carbons (Fsp3) is 0.800. The zero-order valence-electron chi connectivity index (χ0n) is 4.98. The van der Waals surface area contributed by atoms with Gasteiger partial charge in [-0.15, -0.1) is 0 Å². The standard InChI is InChI=1S/C5H9FO2/c1-3-8-5(7)4(2)6/h4H,3H2,1-2H3/i6-1. The second kappa shape index (κ2) is 3.41. The highest BCUT2D eigenvalue weighted by Crippen LogP contribution is 1.90. The van der Waals surface area contributed by atoms with Gasteiger partial charge in [0.15, 0.2) is 6.17 Å². The maximum atomic E-state index is 11.8. The number of carbonyl (C=O) groups is 1. The Morgan fingerprint density at radius 3 is 2.50 bits per heavy atom. The van der Waals surface area contributed by atoms with Crippen LogP contribution in [0.4, 0.5) is 4.39 Å². The Morgan fingerprint density at radius 2 is 2.38 bits per heavy atom. The first-order chi connectivity index (χ1) is 3.68. The molecule has 0 saturated heterocycles. The highest BCUT2D eigenvalue weighted by atomic mass is 18.2. The molecule has 0 aromatic carbocycles. The van der Waals surface area contributed by atoms with Crippen molar-refractivity contribution in [1.82, 2.24) is 0 Å². The van der Waals surface area contributed by atoms with Gasteiger partial charge < -0.3 is 4.74 Å². The zero-order valence-corrected chi connectivity index (χ0v) is 4.98. The summed E-state index contributed by atoms with van der Waals surface area (Å²) in [6.07, 6.45) is -1.49. The molecule has 0 radical (unpaired) electrons. The molecular formula is C5H9FO2. The first-order valence-corrected chi connectivity index (χ1v) is 2.49. The van der Waals surface area contributed by atoms with Gasteiger partial charge in [0.05, 0.1) is 6.61 Å². The molecule has 2 nitrogen and oxygen atoms in total. The summed E-state index contributed by atoms with van der Waals surface area (Å²) in [6.45, 7) is 3.03. The van der Waals surface area contributed by atoms with E-state index in [4.69, 9.17) is 0 Å². The first kappa shape index (κ1) is 7.40. The van der Waals surface area contributed by atoms with Crippen molar-refractivity contribution in [3.05, 3.63) is 0 Å². The smallest absolute Gasteiger partial charge is 0.340 e. The SMILES string of the molecule is CCOC(=O)C(C)[18F]. The van der Waals surface area contributed by atoms with Crippen LogP contribution >= 0.6 is 0 Å². The van der Waals surface area contributed by atoms with Crippen LogP contribution in [0.3, 0.4) is 0 Å². The molecule has 1 unspecified atom stereocenters. The lowest BCUT2D eigenvalue weighted by atomic mass is 10.4. The highest BCUT2D eigenvalue weighted by Gasteiger charge is 2.09. The molecule has 0 fully saturated rings. The second-order valence-corrected chi connectivity index (χ2v) is 1.37. The van der Waals surface area contributed by atoms with Crippen LogP contribution in [0.1, 0.15) is 13.8 Å². The molecule has 0 aliphatic heterocycles. The Kier molecular flexibility index (Phi) is 3.15. The lowest BCUT2D eigenvalue weighted by molar-refractivity contribution is -0.148. The van der Waals surface area contributed by atoms with Crippen molar-refractivity contribution in [3.63, 3.8) is 0 Å². The van der Waals surface area contributed by atoms with E-state index in [-0.39, 0.29) is 6.61 Å². The lowest BCUT2D eigenvalue weighted by Crippen LogP contribution is -2.14. The fourth-order valence-corrected chi connectivity index (χ4v) is 0.257. The van der Waals surface area contributed by atoms with Gasteiger partial charge in [0.2, 0.25) is 0 Å². The number of rotatable bonds is 2. The monoisotopic (exact) mass is 119 g/mol. The van der Waals surface area contributed by atoms with Crippen LogP contribution in [-0.2, 0) is 9.53 Å². The normalized spacial score (nSPS) is 12.9. The third kappa shape index (κ3) is 2.55. The van der Waals surface area contributed by atoms with Gasteiger partial charge in [-0.2, -0.15) is 0 Å². The third-order valence-electron chi connectivity index (χ3n) is 0.611. The second-order valence-electron chi connectivity index (χ2n) is 1.37. The van der Waals surface area contributed by atoms with Crippen LogP contribution in [-0.4, -0.2) is 18.7 Å². The van der Waals surface area contributed by atoms with Gasteiger partial charge in [0.25, 0.3) is 0 Å². The van der Waals surface area contributed by atoms with Gasteiger partial charge in [-0.1, -0.05) is 0 Å². The molecule has 0 bridgehead atoms. The molecule has 0 aromatic rings. The molecule has 0 amide bonds. The Hall–Kier alpha value is -0.600. The van der Waals surface area contributed by atoms with E-state index in [9.17, 15) is 9.18 Å². The van der Waals surface area contributed by atoms with Crippen molar-refractivity contribution >= 4 is 5.97 Å². The maximum Gasteiger partial charge on any atom is 0.340 e. The van der Waals surface area contributed by atoms with Gasteiger partial charge in [0.1, 0.15) is 0 Å². The molecule has 8 heavy (non-hydrogen) atoms. The van der Waals surface area contributed by atoms with Crippen LogP contribution in [0.2, 0.25) is 0 Å². The summed E-state index contributed by atoms with van der Waals surface area (Å²) >= 11 is 0. The molecule has 0 rings (SSSR count). The van der Waals surface area contributed by atoms with E-state index in [1.807, 2.05) is 0 Å². The van der Waals surface area contributed by atoms with E-state index >= 15 is 0 Å². The predicted octanol–water partition coefficient (Wildman–Crippen LogP) is 0.907. The van der Waals surface area contributed by atoms with Crippen molar-refractivity contribution in [2.24, 2.45) is 0 Å². The van der Waals surface area contributed by atoms with E-state index in [1.54, 1.807) is 6.92 Å². The summed E-state index contributed by atoms with van der Waals surface area (Å²) in [5, 5.41) is 0. The number of ether oxygens (including phenoxy) is 1. The molecule has 0 heterocycles. The fourth-order valence-electron chi connectivity index (χ4n) is 0.257. The first-order valence-electron chi connectivity index (χ1n) is 2.49. The third-order valence-corrected chi connectivity index (χ3v) is 0.611. The molecule has 0 aliphatic rings. The molecule has 0 aromatic heterocycles. The van der Waals surface area contributed by atoms with E-state index in [0.717, 1.165) is 6.92 Å². The molecule has 1 atom stereocenters. The summed E-state index contributed by atoms with van der Waals surface area (Å²) < 4.78 is 16.1. The molecule has 0 aliphatic carbocycles. The molecule has 0 spiro atoms. The number of alkyl halides is 1. The largest absolute Gasteiger partial charge is 0.464 e. The minimum Gasteiger partial charge on any atom is -0.464 e. The quantitative estimate of drug-likeness (QED) is 0.505. The highest BCUT2D eigenvalue weighted by molar-refractivity contribution is 5.73. The van der Waals surface area contributed by atoms with Crippen LogP contribution in [0.25, 0.3) is 0 Å². The molecule has 3 heteroatoms. The number of halogens is 1.